The minimum absolute atomic E-state index is 0.00800. The fraction of sp³-hybridized carbons (Fsp3) is 0.559. The Hall–Kier alpha value is -2.62. The van der Waals surface area contributed by atoms with Crippen molar-refractivity contribution in [2.75, 3.05) is 31.7 Å². The predicted octanol–water partition coefficient (Wildman–Crippen LogP) is 6.04. The molecule has 4 bridgehead atoms. The summed E-state index contributed by atoms with van der Waals surface area (Å²) in [5.41, 5.74) is 3.77. The van der Waals surface area contributed by atoms with Crippen LogP contribution in [0, 0.1) is 29.5 Å². The Kier molecular flexibility index (Phi) is 7.53. The van der Waals surface area contributed by atoms with E-state index in [1.54, 1.807) is 44.4 Å². The lowest BCUT2D eigenvalue weighted by atomic mass is 9.64. The van der Waals surface area contributed by atoms with E-state index in [4.69, 9.17) is 21.1 Å². The fourth-order valence-electron chi connectivity index (χ4n) is 8.34. The van der Waals surface area contributed by atoms with E-state index in [0.717, 1.165) is 61.9 Å². The zero-order valence-electron chi connectivity index (χ0n) is 25.4. The smallest absolute Gasteiger partial charge is 0.264 e. The molecular weight excluding hydrogens is 603 g/mol. The Bertz CT molecular complexity index is 1650. The molecule has 3 heterocycles. The number of ether oxygens (including phenoxy) is 2. The Labute approximate surface area is 264 Å². The maximum absolute atomic E-state index is 14.9. The number of anilines is 1. The summed E-state index contributed by atoms with van der Waals surface area (Å²) >= 11 is 6.21. The molecule has 1 saturated carbocycles. The van der Waals surface area contributed by atoms with Gasteiger partial charge < -0.3 is 14.4 Å². The topological polar surface area (TPSA) is 84.9 Å². The van der Waals surface area contributed by atoms with E-state index in [2.05, 4.69) is 15.7 Å². The van der Waals surface area contributed by atoms with Crippen LogP contribution >= 0.6 is 11.6 Å². The van der Waals surface area contributed by atoms with Gasteiger partial charge in [0.1, 0.15) is 11.6 Å². The van der Waals surface area contributed by atoms with E-state index >= 15 is 0 Å². The van der Waals surface area contributed by atoms with Gasteiger partial charge in [-0.25, -0.2) is 17.5 Å². The van der Waals surface area contributed by atoms with Gasteiger partial charge in [-0.2, -0.15) is 0 Å². The average Bonchev–Trinajstić information content (AvgIpc) is 3.10. The molecule has 0 radical (unpaired) electrons. The normalized spacial score (nSPS) is 34.2. The van der Waals surface area contributed by atoms with Gasteiger partial charge in [0, 0.05) is 31.2 Å². The van der Waals surface area contributed by atoms with Crippen LogP contribution in [0.25, 0.3) is 0 Å². The van der Waals surface area contributed by atoms with Gasteiger partial charge in [0.2, 0.25) is 10.0 Å². The first-order chi connectivity index (χ1) is 21.0. The molecule has 1 amide bonds. The molecule has 6 aliphatic rings. The fourth-order valence-corrected chi connectivity index (χ4v) is 9.85. The highest BCUT2D eigenvalue weighted by atomic mass is 35.5. The lowest BCUT2D eigenvalue weighted by molar-refractivity contribution is -0.000491. The molecule has 1 N–H and O–H groups in total. The number of aryl methyl sites for hydroxylation is 1. The van der Waals surface area contributed by atoms with Gasteiger partial charge in [-0.05, 0) is 116 Å². The van der Waals surface area contributed by atoms with Crippen molar-refractivity contribution in [1.29, 1.82) is 0 Å². The molecule has 7 nitrogen and oxygen atoms in total. The molecule has 8 rings (SSSR count). The number of halogens is 2. The lowest BCUT2D eigenvalue weighted by Crippen LogP contribution is -2.50. The molecule has 7 atom stereocenters. The third-order valence-electron chi connectivity index (χ3n) is 11.4. The van der Waals surface area contributed by atoms with Crippen LogP contribution in [0.3, 0.4) is 0 Å². The molecule has 2 aromatic carbocycles. The van der Waals surface area contributed by atoms with Crippen LogP contribution in [0.4, 0.5) is 10.1 Å². The van der Waals surface area contributed by atoms with Gasteiger partial charge in [-0.15, -0.1) is 0 Å². The molecule has 1 fully saturated rings. The highest BCUT2D eigenvalue weighted by Gasteiger charge is 2.47. The summed E-state index contributed by atoms with van der Waals surface area (Å²) < 4.78 is 56.6. The van der Waals surface area contributed by atoms with Crippen molar-refractivity contribution in [3.8, 4) is 5.75 Å². The lowest BCUT2D eigenvalue weighted by Gasteiger charge is -2.48. The summed E-state index contributed by atoms with van der Waals surface area (Å²) in [5, 5.41) is -0.617. The van der Waals surface area contributed by atoms with Gasteiger partial charge in [0.25, 0.3) is 5.91 Å². The molecule has 0 aromatic heterocycles. The van der Waals surface area contributed by atoms with E-state index in [1.165, 1.54) is 5.57 Å². The number of nitrogens with one attached hydrogen (secondary N) is 1. The van der Waals surface area contributed by atoms with Crippen molar-refractivity contribution >= 4 is 33.2 Å². The number of nitrogens with zero attached hydrogens (tertiary/aromatic N) is 1. The molecule has 1 spiro atoms. The molecule has 0 saturated heterocycles. The van der Waals surface area contributed by atoms with E-state index in [-0.39, 0.29) is 28.5 Å². The maximum Gasteiger partial charge on any atom is 0.264 e. The standard InChI is InChI=1S/C34H40ClFN2O5S/c1-19-20(2)44(40,41)37-33(39)22-7-9-31-30(14-22)38(16-23-6-8-26(23)32(42-3)25-11-24(19)12-25)17-34(18-43-31)10-4-5-21-13-28(35)29(36)15-27(21)34/h7,9,11,13-15,19-20,23-24,26,32H,4-6,8,10,12,16-18H2,1-3H3,(H,37,39)/t19-,20-,23+,24?,26-,32+,34+/m1/s1. The second-order valence-electron chi connectivity index (χ2n) is 13.7. The highest BCUT2D eigenvalue weighted by molar-refractivity contribution is 7.90. The number of rotatable bonds is 1. The van der Waals surface area contributed by atoms with Gasteiger partial charge in [-0.1, -0.05) is 24.6 Å². The molecule has 2 aromatic rings. The average molecular weight is 643 g/mol. The van der Waals surface area contributed by atoms with Crippen molar-refractivity contribution in [2.45, 2.75) is 69.1 Å². The SMILES string of the molecule is CO[C@H]1C2=CC(C2)[C@H](C)[C@@H](C)S(=O)(=O)NC(=O)c2ccc3c(c2)N(C[C@@H]2CC[C@H]21)C[C@@]1(CCCc2cc(Cl)c(F)cc21)CO3. The zero-order chi connectivity index (χ0) is 31.0. The molecular formula is C34H40ClFN2O5S. The second kappa shape index (κ2) is 11.0. The molecule has 236 valence electrons. The van der Waals surface area contributed by atoms with E-state index in [9.17, 15) is 17.6 Å². The number of methoxy groups -OCH3 is 1. The van der Waals surface area contributed by atoms with Gasteiger partial charge in [0.15, 0.2) is 0 Å². The van der Waals surface area contributed by atoms with Crippen molar-refractivity contribution < 1.29 is 27.1 Å². The van der Waals surface area contributed by atoms with Crippen LogP contribution in [0.1, 0.15) is 67.4 Å². The van der Waals surface area contributed by atoms with Crippen molar-refractivity contribution in [2.24, 2.45) is 23.7 Å². The zero-order valence-corrected chi connectivity index (χ0v) is 27.0. The highest BCUT2D eigenvalue weighted by Crippen LogP contribution is 2.49. The number of benzene rings is 2. The number of carbonyl (C=O) groups is 1. The number of allylic oxidation sites excluding steroid dienone is 1. The number of hydrogen-bond donors (Lipinski definition) is 1. The first-order valence-electron chi connectivity index (χ1n) is 15.8. The molecule has 44 heavy (non-hydrogen) atoms. The van der Waals surface area contributed by atoms with Crippen LogP contribution in [0.2, 0.25) is 5.02 Å². The predicted molar refractivity (Wildman–Crippen MR) is 168 cm³/mol. The van der Waals surface area contributed by atoms with Gasteiger partial charge in [-0.3, -0.25) is 4.79 Å². The first kappa shape index (κ1) is 30.1. The number of amides is 1. The Morgan fingerprint density at radius 2 is 1.98 bits per heavy atom. The number of carbonyl (C=O) groups excluding carboxylic acids is 1. The Morgan fingerprint density at radius 3 is 2.70 bits per heavy atom. The van der Waals surface area contributed by atoms with Crippen molar-refractivity contribution in [1.82, 2.24) is 4.72 Å². The summed E-state index contributed by atoms with van der Waals surface area (Å²) in [7, 11) is -2.16. The van der Waals surface area contributed by atoms with Crippen molar-refractivity contribution in [3.63, 3.8) is 0 Å². The summed E-state index contributed by atoms with van der Waals surface area (Å²) in [6.07, 6.45) is 7.69. The van der Waals surface area contributed by atoms with Crippen LogP contribution in [-0.4, -0.2) is 52.5 Å². The van der Waals surface area contributed by atoms with Crippen LogP contribution in [0.5, 0.6) is 5.75 Å². The summed E-state index contributed by atoms with van der Waals surface area (Å²) in [6.45, 7) is 5.29. The Morgan fingerprint density at radius 1 is 1.18 bits per heavy atom. The number of sulfonamides is 1. The molecule has 10 heteroatoms. The third kappa shape index (κ3) is 4.94. The Balaban J connectivity index is 1.32. The molecule has 1 unspecified atom stereocenters. The minimum atomic E-state index is -3.93. The number of fused-ring (bicyclic) bond motifs is 6. The monoisotopic (exact) mass is 642 g/mol. The van der Waals surface area contributed by atoms with Crippen LogP contribution < -0.4 is 14.4 Å². The van der Waals surface area contributed by atoms with Gasteiger partial charge in [0.05, 0.1) is 28.7 Å². The molecule has 3 aliphatic heterocycles. The van der Waals surface area contributed by atoms with Gasteiger partial charge >= 0.3 is 0 Å². The number of hydrogen-bond acceptors (Lipinski definition) is 6. The largest absolute Gasteiger partial charge is 0.490 e. The van der Waals surface area contributed by atoms with Crippen LogP contribution in [-0.2, 0) is 26.6 Å². The summed E-state index contributed by atoms with van der Waals surface area (Å²) in [4.78, 5) is 15.7. The summed E-state index contributed by atoms with van der Waals surface area (Å²) in [5.74, 6) is 0.204. The van der Waals surface area contributed by atoms with Crippen LogP contribution in [0.15, 0.2) is 42.0 Å². The second-order valence-corrected chi connectivity index (χ2v) is 16.2. The van der Waals surface area contributed by atoms with E-state index in [1.807, 2.05) is 6.92 Å². The van der Waals surface area contributed by atoms with E-state index < -0.39 is 32.4 Å². The summed E-state index contributed by atoms with van der Waals surface area (Å²) in [6, 6.07) is 8.49. The van der Waals surface area contributed by atoms with Crippen molar-refractivity contribution in [3.05, 3.63) is 69.5 Å². The van der Waals surface area contributed by atoms with E-state index in [0.29, 0.717) is 30.7 Å². The first-order valence-corrected chi connectivity index (χ1v) is 17.7. The molecule has 3 aliphatic carbocycles. The minimum Gasteiger partial charge on any atom is -0.490 e. The third-order valence-corrected chi connectivity index (χ3v) is 13.5. The quantitative estimate of drug-likeness (QED) is 0.382. The maximum atomic E-state index is 14.9.